The molecule has 86 valence electrons. The number of carbonyl (C=O) groups is 1. The first kappa shape index (κ1) is 12.7. The van der Waals surface area contributed by atoms with E-state index in [9.17, 15) is 4.79 Å². The zero-order chi connectivity index (χ0) is 10.8. The Morgan fingerprint density at radius 1 is 1.38 bits per heavy atom. The molecule has 2 aromatic rings. The van der Waals surface area contributed by atoms with Crippen LogP contribution in [-0.4, -0.2) is 18.9 Å². The summed E-state index contributed by atoms with van der Waals surface area (Å²) in [5.74, 6) is 0.0794. The van der Waals surface area contributed by atoms with Gasteiger partial charge < -0.3 is 9.73 Å². The molecular weight excluding hydrogens is 226 g/mol. The van der Waals surface area contributed by atoms with E-state index in [1.54, 1.807) is 19.4 Å². The third kappa shape index (κ3) is 2.26. The van der Waals surface area contributed by atoms with Crippen molar-refractivity contribution in [3.63, 3.8) is 0 Å². The Labute approximate surface area is 100 Å². The molecule has 2 rings (SSSR count). The first-order valence-electron chi connectivity index (χ1n) is 4.91. The molecule has 0 saturated carbocycles. The average molecular weight is 240 g/mol. The van der Waals surface area contributed by atoms with Crippen LogP contribution in [0.5, 0.6) is 0 Å². The van der Waals surface area contributed by atoms with Crippen molar-refractivity contribution < 1.29 is 9.21 Å². The molecule has 0 spiro atoms. The van der Waals surface area contributed by atoms with Crippen molar-refractivity contribution in [1.29, 1.82) is 0 Å². The van der Waals surface area contributed by atoms with Crippen molar-refractivity contribution in [2.45, 2.75) is 13.0 Å². The monoisotopic (exact) mass is 239 g/mol. The zero-order valence-corrected chi connectivity index (χ0v) is 10.0. The summed E-state index contributed by atoms with van der Waals surface area (Å²) in [5.41, 5.74) is 1.43. The Kier molecular flexibility index (Phi) is 4.10. The van der Waals surface area contributed by atoms with Crippen LogP contribution >= 0.6 is 12.4 Å². The maximum atomic E-state index is 11.8. The van der Waals surface area contributed by atoms with Crippen LogP contribution in [0.15, 0.2) is 34.9 Å². The Morgan fingerprint density at radius 2 is 2.12 bits per heavy atom. The normalized spacial score (nSPS) is 12.1. The fourth-order valence-electron chi connectivity index (χ4n) is 1.49. The van der Waals surface area contributed by atoms with Gasteiger partial charge in [0.05, 0.1) is 12.3 Å². The predicted molar refractivity (Wildman–Crippen MR) is 66.3 cm³/mol. The average Bonchev–Trinajstić information content (AvgIpc) is 2.73. The van der Waals surface area contributed by atoms with E-state index in [0.29, 0.717) is 5.56 Å². The Morgan fingerprint density at radius 3 is 2.81 bits per heavy atom. The second-order valence-electron chi connectivity index (χ2n) is 3.55. The largest absolute Gasteiger partial charge is 0.464 e. The number of benzene rings is 1. The van der Waals surface area contributed by atoms with Crippen molar-refractivity contribution >= 4 is 29.2 Å². The van der Waals surface area contributed by atoms with Crippen LogP contribution < -0.4 is 5.32 Å². The van der Waals surface area contributed by atoms with Crippen molar-refractivity contribution in [3.05, 3.63) is 36.1 Å². The topological polar surface area (TPSA) is 42.2 Å². The van der Waals surface area contributed by atoms with E-state index >= 15 is 0 Å². The van der Waals surface area contributed by atoms with Gasteiger partial charge in [-0.25, -0.2) is 0 Å². The summed E-state index contributed by atoms with van der Waals surface area (Å²) in [6, 6.07) is 7.22. The molecule has 1 heterocycles. The highest BCUT2D eigenvalue weighted by atomic mass is 35.5. The standard InChI is InChI=1S/C12H13NO2.ClH/c1-8(13-2)12(14)10-4-3-9-5-6-15-11(9)7-10;/h3-8,13H,1-2H3;1H. The van der Waals surface area contributed by atoms with Gasteiger partial charge in [0, 0.05) is 10.9 Å². The summed E-state index contributed by atoms with van der Waals surface area (Å²) < 4.78 is 5.25. The number of likely N-dealkylation sites (N-methyl/N-ethyl adjacent to an activating group) is 1. The number of rotatable bonds is 3. The van der Waals surface area contributed by atoms with Crippen LogP contribution in [-0.2, 0) is 0 Å². The van der Waals surface area contributed by atoms with Gasteiger partial charge in [-0.15, -0.1) is 12.4 Å². The van der Waals surface area contributed by atoms with E-state index in [-0.39, 0.29) is 24.2 Å². The molecule has 1 aromatic heterocycles. The van der Waals surface area contributed by atoms with Crippen LogP contribution in [0.2, 0.25) is 0 Å². The summed E-state index contributed by atoms with van der Waals surface area (Å²) in [4.78, 5) is 11.8. The molecule has 3 nitrogen and oxygen atoms in total. The Bertz CT molecular complexity index is 492. The molecule has 0 radical (unpaired) electrons. The van der Waals surface area contributed by atoms with Crippen molar-refractivity contribution in [3.8, 4) is 0 Å². The number of ketones is 1. The third-order valence-electron chi connectivity index (χ3n) is 2.57. The van der Waals surface area contributed by atoms with Gasteiger partial charge >= 0.3 is 0 Å². The maximum Gasteiger partial charge on any atom is 0.179 e. The fraction of sp³-hybridized carbons (Fsp3) is 0.250. The predicted octanol–water partition coefficient (Wildman–Crippen LogP) is 2.65. The van der Waals surface area contributed by atoms with Gasteiger partial charge in [0.2, 0.25) is 0 Å². The summed E-state index contributed by atoms with van der Waals surface area (Å²) in [6.07, 6.45) is 1.63. The number of hydrogen-bond donors (Lipinski definition) is 1. The number of Topliss-reactive ketones (excluding diaryl/α,β-unsaturated/α-hetero) is 1. The molecule has 0 aliphatic carbocycles. The SMILES string of the molecule is CNC(C)C(=O)c1ccc2ccoc2c1.Cl. The molecule has 1 aromatic carbocycles. The van der Waals surface area contributed by atoms with E-state index in [1.807, 2.05) is 25.1 Å². The Balaban J connectivity index is 0.00000128. The van der Waals surface area contributed by atoms with Crippen LogP contribution in [0.25, 0.3) is 11.0 Å². The number of fused-ring (bicyclic) bond motifs is 1. The molecule has 0 saturated heterocycles. The van der Waals surface area contributed by atoms with Gasteiger partial charge in [0.1, 0.15) is 5.58 Å². The molecule has 0 fully saturated rings. The van der Waals surface area contributed by atoms with Crippen molar-refractivity contribution in [2.24, 2.45) is 0 Å². The van der Waals surface area contributed by atoms with Gasteiger partial charge in [-0.2, -0.15) is 0 Å². The molecule has 4 heteroatoms. The lowest BCUT2D eigenvalue weighted by Gasteiger charge is -2.08. The van der Waals surface area contributed by atoms with Gasteiger partial charge in [-0.05, 0) is 26.1 Å². The van der Waals surface area contributed by atoms with Crippen LogP contribution in [0.4, 0.5) is 0 Å². The molecule has 1 atom stereocenters. The molecule has 0 aliphatic rings. The molecule has 0 aliphatic heterocycles. The Hall–Kier alpha value is -1.32. The van der Waals surface area contributed by atoms with Gasteiger partial charge in [-0.3, -0.25) is 4.79 Å². The fourth-order valence-corrected chi connectivity index (χ4v) is 1.49. The van der Waals surface area contributed by atoms with E-state index in [2.05, 4.69) is 5.32 Å². The number of furan rings is 1. The van der Waals surface area contributed by atoms with E-state index in [4.69, 9.17) is 4.42 Å². The zero-order valence-electron chi connectivity index (χ0n) is 9.19. The quantitative estimate of drug-likeness (QED) is 0.838. The second kappa shape index (κ2) is 5.14. The molecule has 1 N–H and O–H groups in total. The number of halogens is 1. The number of hydrogen-bond acceptors (Lipinski definition) is 3. The summed E-state index contributed by atoms with van der Waals surface area (Å²) in [6.45, 7) is 1.84. The lowest BCUT2D eigenvalue weighted by molar-refractivity contribution is 0.0955. The molecule has 16 heavy (non-hydrogen) atoms. The molecule has 0 bridgehead atoms. The van der Waals surface area contributed by atoms with E-state index in [1.165, 1.54) is 0 Å². The van der Waals surface area contributed by atoms with Crippen molar-refractivity contribution in [2.75, 3.05) is 7.05 Å². The summed E-state index contributed by atoms with van der Waals surface area (Å²) in [7, 11) is 1.77. The maximum absolute atomic E-state index is 11.8. The second-order valence-corrected chi connectivity index (χ2v) is 3.55. The minimum Gasteiger partial charge on any atom is -0.464 e. The summed E-state index contributed by atoms with van der Waals surface area (Å²) >= 11 is 0. The smallest absolute Gasteiger partial charge is 0.179 e. The van der Waals surface area contributed by atoms with Gasteiger partial charge in [-0.1, -0.05) is 12.1 Å². The number of carbonyl (C=O) groups excluding carboxylic acids is 1. The minimum absolute atomic E-state index is 0. The van der Waals surface area contributed by atoms with Crippen LogP contribution in [0.1, 0.15) is 17.3 Å². The summed E-state index contributed by atoms with van der Waals surface area (Å²) in [5, 5.41) is 3.94. The molecular formula is C12H14ClNO2. The molecule has 1 unspecified atom stereocenters. The lowest BCUT2D eigenvalue weighted by atomic mass is 10.0. The highest BCUT2D eigenvalue weighted by molar-refractivity contribution is 6.02. The van der Waals surface area contributed by atoms with Crippen molar-refractivity contribution in [1.82, 2.24) is 5.32 Å². The minimum atomic E-state index is -0.169. The van der Waals surface area contributed by atoms with Crippen LogP contribution in [0.3, 0.4) is 0 Å². The van der Waals surface area contributed by atoms with Gasteiger partial charge in [0.25, 0.3) is 0 Å². The van der Waals surface area contributed by atoms with E-state index < -0.39 is 0 Å². The highest BCUT2D eigenvalue weighted by Crippen LogP contribution is 2.17. The first-order valence-corrected chi connectivity index (χ1v) is 4.91. The lowest BCUT2D eigenvalue weighted by Crippen LogP contribution is -2.30. The first-order chi connectivity index (χ1) is 7.22. The molecule has 0 amide bonds. The van der Waals surface area contributed by atoms with Gasteiger partial charge in [0.15, 0.2) is 5.78 Å². The highest BCUT2D eigenvalue weighted by Gasteiger charge is 2.13. The van der Waals surface area contributed by atoms with Crippen LogP contribution in [0, 0.1) is 0 Å². The third-order valence-corrected chi connectivity index (χ3v) is 2.57. The number of nitrogens with one attached hydrogen (secondary N) is 1. The van der Waals surface area contributed by atoms with E-state index in [0.717, 1.165) is 11.0 Å².